The maximum Gasteiger partial charge on any atom is 0.255 e. The molecular formula is C28H25N5O5. The van der Waals surface area contributed by atoms with Crippen LogP contribution in [0.1, 0.15) is 18.5 Å². The maximum absolute atomic E-state index is 13.8. The van der Waals surface area contributed by atoms with Crippen molar-refractivity contribution in [3.63, 3.8) is 0 Å². The van der Waals surface area contributed by atoms with E-state index in [9.17, 15) is 4.79 Å². The van der Waals surface area contributed by atoms with Gasteiger partial charge in [-0.05, 0) is 48.9 Å². The fourth-order valence-electron chi connectivity index (χ4n) is 4.72. The van der Waals surface area contributed by atoms with Gasteiger partial charge in [-0.15, -0.1) is 5.10 Å². The molecule has 38 heavy (non-hydrogen) atoms. The summed E-state index contributed by atoms with van der Waals surface area (Å²) in [6.07, 6.45) is 0. The number of nitrogens with zero attached hydrogens (tertiary/aromatic N) is 3. The first-order valence-corrected chi connectivity index (χ1v) is 12.0. The lowest BCUT2D eigenvalue weighted by Crippen LogP contribution is -2.31. The van der Waals surface area contributed by atoms with Gasteiger partial charge in [0.1, 0.15) is 17.5 Å². The predicted octanol–water partition coefficient (Wildman–Crippen LogP) is 4.62. The number of carbonyl (C=O) groups is 1. The molecule has 0 fully saturated rings. The van der Waals surface area contributed by atoms with Crippen LogP contribution in [0.4, 0.5) is 11.6 Å². The zero-order valence-corrected chi connectivity index (χ0v) is 21.0. The van der Waals surface area contributed by atoms with Gasteiger partial charge in [0.15, 0.2) is 17.3 Å². The Morgan fingerprint density at radius 1 is 1.00 bits per heavy atom. The average Bonchev–Trinajstić information content (AvgIpc) is 3.59. The Morgan fingerprint density at radius 3 is 2.55 bits per heavy atom. The van der Waals surface area contributed by atoms with E-state index in [0.717, 1.165) is 11.1 Å². The molecule has 0 saturated carbocycles. The maximum atomic E-state index is 13.8. The van der Waals surface area contributed by atoms with Gasteiger partial charge < -0.3 is 29.6 Å². The van der Waals surface area contributed by atoms with E-state index in [-0.39, 0.29) is 12.7 Å². The Labute approximate surface area is 218 Å². The minimum atomic E-state index is -0.605. The van der Waals surface area contributed by atoms with Crippen molar-refractivity contribution in [2.24, 2.45) is 0 Å². The first-order chi connectivity index (χ1) is 18.6. The number of fused-ring (bicyclic) bond motifs is 2. The molecule has 0 saturated heterocycles. The number of nitrogens with one attached hydrogen (secondary N) is 2. The Morgan fingerprint density at radius 2 is 1.74 bits per heavy atom. The van der Waals surface area contributed by atoms with Crippen molar-refractivity contribution < 1.29 is 23.7 Å². The van der Waals surface area contributed by atoms with Gasteiger partial charge in [-0.2, -0.15) is 4.98 Å². The summed E-state index contributed by atoms with van der Waals surface area (Å²) in [4.78, 5) is 18.6. The van der Waals surface area contributed by atoms with Crippen LogP contribution in [-0.2, 0) is 4.79 Å². The molecule has 1 amide bonds. The molecule has 4 aromatic rings. The van der Waals surface area contributed by atoms with Gasteiger partial charge in [-0.3, -0.25) is 4.79 Å². The van der Waals surface area contributed by atoms with Crippen molar-refractivity contribution in [1.82, 2.24) is 14.8 Å². The number of rotatable bonds is 6. The number of hydrogen-bond acceptors (Lipinski definition) is 8. The highest BCUT2D eigenvalue weighted by Gasteiger charge is 2.36. The molecule has 6 rings (SSSR count). The molecule has 1 unspecified atom stereocenters. The van der Waals surface area contributed by atoms with Crippen LogP contribution in [0.3, 0.4) is 0 Å². The largest absolute Gasteiger partial charge is 0.496 e. The Kier molecular flexibility index (Phi) is 5.83. The fourth-order valence-corrected chi connectivity index (χ4v) is 4.72. The highest BCUT2D eigenvalue weighted by atomic mass is 16.7. The van der Waals surface area contributed by atoms with E-state index in [4.69, 9.17) is 29.0 Å². The van der Waals surface area contributed by atoms with Crippen LogP contribution in [0.25, 0.3) is 11.4 Å². The highest BCUT2D eigenvalue weighted by Crippen LogP contribution is 2.42. The van der Waals surface area contributed by atoms with Crippen LogP contribution in [0.5, 0.6) is 23.0 Å². The summed E-state index contributed by atoms with van der Waals surface area (Å²) in [5.41, 5.74) is 3.20. The van der Waals surface area contributed by atoms with Gasteiger partial charge >= 0.3 is 0 Å². The van der Waals surface area contributed by atoms with Crippen LogP contribution in [0.2, 0.25) is 0 Å². The Bertz CT molecular complexity index is 1580. The van der Waals surface area contributed by atoms with Crippen LogP contribution in [0, 0.1) is 0 Å². The summed E-state index contributed by atoms with van der Waals surface area (Å²) in [5, 5.41) is 11.1. The van der Waals surface area contributed by atoms with Crippen molar-refractivity contribution in [2.45, 2.75) is 13.0 Å². The molecule has 2 N–H and O–H groups in total. The zero-order valence-electron chi connectivity index (χ0n) is 21.0. The zero-order chi connectivity index (χ0) is 26.2. The summed E-state index contributed by atoms with van der Waals surface area (Å²) < 4.78 is 23.8. The van der Waals surface area contributed by atoms with Crippen molar-refractivity contribution in [3.8, 4) is 34.4 Å². The lowest BCUT2D eigenvalue weighted by molar-refractivity contribution is -0.113. The third kappa shape index (κ3) is 3.96. The molecule has 1 atom stereocenters. The number of anilines is 2. The van der Waals surface area contributed by atoms with Gasteiger partial charge in [0.05, 0.1) is 31.0 Å². The molecule has 1 aromatic heterocycles. The van der Waals surface area contributed by atoms with Gasteiger partial charge in [0.2, 0.25) is 12.7 Å². The van der Waals surface area contributed by atoms with E-state index < -0.39 is 6.04 Å². The predicted molar refractivity (Wildman–Crippen MR) is 141 cm³/mol. The standard InChI is InChI=1S/C28H25N5O5/c1-16-24(27(34)30-19-9-5-7-11-21(19)36-3)25(17-12-13-22-23(14-17)38-15-37-22)33-28(29-16)31-26(32-33)18-8-4-6-10-20(18)35-2/h4-14,25H,15H2,1-3H3,(H,30,34)(H,29,31,32). The minimum absolute atomic E-state index is 0.146. The molecule has 0 spiro atoms. The van der Waals surface area contributed by atoms with E-state index >= 15 is 0 Å². The minimum Gasteiger partial charge on any atom is -0.496 e. The Hall–Kier alpha value is -4.99. The number of aromatic nitrogens is 3. The highest BCUT2D eigenvalue weighted by molar-refractivity contribution is 6.06. The fraction of sp³-hybridized carbons (Fsp3) is 0.179. The van der Waals surface area contributed by atoms with Crippen LogP contribution >= 0.6 is 0 Å². The van der Waals surface area contributed by atoms with Crippen molar-refractivity contribution in [1.29, 1.82) is 0 Å². The third-order valence-electron chi connectivity index (χ3n) is 6.51. The van der Waals surface area contributed by atoms with E-state index in [1.165, 1.54) is 0 Å². The van der Waals surface area contributed by atoms with E-state index in [1.807, 2.05) is 61.5 Å². The molecule has 2 aliphatic rings. The summed E-state index contributed by atoms with van der Waals surface area (Å²) in [6.45, 7) is 1.99. The van der Waals surface area contributed by atoms with Crippen molar-refractivity contribution >= 4 is 17.5 Å². The summed E-state index contributed by atoms with van der Waals surface area (Å²) in [6, 6.07) is 19.8. The van der Waals surface area contributed by atoms with E-state index in [2.05, 4.69) is 10.6 Å². The normalized spacial score (nSPS) is 15.5. The first kappa shape index (κ1) is 23.4. The Balaban J connectivity index is 1.47. The second kappa shape index (κ2) is 9.47. The molecule has 192 valence electrons. The van der Waals surface area contributed by atoms with Gasteiger partial charge in [0.25, 0.3) is 5.91 Å². The number of benzene rings is 3. The van der Waals surface area contributed by atoms with Crippen LogP contribution in [-0.4, -0.2) is 41.7 Å². The smallest absolute Gasteiger partial charge is 0.255 e. The lowest BCUT2D eigenvalue weighted by atomic mass is 9.94. The number of amides is 1. The van der Waals surface area contributed by atoms with Crippen molar-refractivity contribution in [3.05, 3.63) is 83.6 Å². The van der Waals surface area contributed by atoms with Crippen molar-refractivity contribution in [2.75, 3.05) is 31.6 Å². The second-order valence-corrected chi connectivity index (χ2v) is 8.74. The number of carbonyl (C=O) groups excluding carboxylic acids is 1. The summed E-state index contributed by atoms with van der Waals surface area (Å²) >= 11 is 0. The SMILES string of the molecule is COc1ccccc1NC(=O)C1=C(C)Nc2nc(-c3ccccc3OC)nn2C1c1ccc2c(c1)OCO2. The third-order valence-corrected chi connectivity index (χ3v) is 6.51. The number of methoxy groups -OCH3 is 2. The molecule has 0 bridgehead atoms. The topological polar surface area (TPSA) is 109 Å². The van der Waals surface area contributed by atoms with Crippen LogP contribution < -0.4 is 29.6 Å². The average molecular weight is 512 g/mol. The molecule has 3 heterocycles. The van der Waals surface area contributed by atoms with Gasteiger partial charge in [-0.25, -0.2) is 4.68 Å². The molecule has 0 aliphatic carbocycles. The van der Waals surface area contributed by atoms with E-state index in [1.54, 1.807) is 31.0 Å². The second-order valence-electron chi connectivity index (χ2n) is 8.74. The van der Waals surface area contributed by atoms with Gasteiger partial charge in [0, 0.05) is 5.70 Å². The number of allylic oxidation sites excluding steroid dienone is 1. The van der Waals surface area contributed by atoms with Gasteiger partial charge in [-0.1, -0.05) is 30.3 Å². The van der Waals surface area contributed by atoms with E-state index in [0.29, 0.717) is 51.7 Å². The molecule has 3 aromatic carbocycles. The number of para-hydroxylation sites is 3. The molecule has 10 nitrogen and oxygen atoms in total. The van der Waals surface area contributed by atoms with Crippen LogP contribution in [0.15, 0.2) is 78.0 Å². The molecule has 10 heteroatoms. The molecule has 0 radical (unpaired) electrons. The lowest BCUT2D eigenvalue weighted by Gasteiger charge is -2.29. The molecule has 2 aliphatic heterocycles. The number of hydrogen-bond donors (Lipinski definition) is 2. The summed E-state index contributed by atoms with van der Waals surface area (Å²) in [7, 11) is 3.17. The first-order valence-electron chi connectivity index (χ1n) is 12.0. The number of ether oxygens (including phenoxy) is 4. The molecular weight excluding hydrogens is 486 g/mol. The monoisotopic (exact) mass is 511 g/mol. The summed E-state index contributed by atoms with van der Waals surface area (Å²) in [5.74, 6) is 3.12. The quantitative estimate of drug-likeness (QED) is 0.386.